The summed E-state index contributed by atoms with van der Waals surface area (Å²) in [4.78, 5) is 23.4. The van der Waals surface area contributed by atoms with E-state index in [1.165, 1.54) is 25.1 Å². The number of anilines is 1. The number of fused-ring (bicyclic) bond motifs is 1. The maximum absolute atomic E-state index is 11.9. The zero-order valence-corrected chi connectivity index (χ0v) is 10.3. The van der Waals surface area contributed by atoms with Crippen LogP contribution in [0.1, 0.15) is 6.92 Å². The van der Waals surface area contributed by atoms with E-state index in [1.807, 2.05) is 0 Å². The molecule has 1 unspecified atom stereocenters. The van der Waals surface area contributed by atoms with E-state index in [0.29, 0.717) is 0 Å². The van der Waals surface area contributed by atoms with Gasteiger partial charge in [0.1, 0.15) is 0 Å². The van der Waals surface area contributed by atoms with Gasteiger partial charge >= 0.3 is 11.9 Å². The molecule has 7 heteroatoms. The average molecular weight is 269 g/mol. The van der Waals surface area contributed by atoms with Crippen LogP contribution in [0.25, 0.3) is 0 Å². The molecule has 0 bridgehead atoms. The van der Waals surface area contributed by atoms with E-state index in [9.17, 15) is 18.0 Å². The van der Waals surface area contributed by atoms with Crippen LogP contribution in [0.4, 0.5) is 5.69 Å². The van der Waals surface area contributed by atoms with Crippen molar-refractivity contribution in [2.75, 3.05) is 10.7 Å². The average Bonchev–Trinajstić information content (AvgIpc) is 2.27. The first kappa shape index (κ1) is 12.6. The molecule has 0 aromatic heterocycles. The number of sulfone groups is 1. The summed E-state index contributed by atoms with van der Waals surface area (Å²) in [6, 6.07) is 5.21. The first-order valence-corrected chi connectivity index (χ1v) is 6.88. The van der Waals surface area contributed by atoms with Crippen molar-refractivity contribution in [1.82, 2.24) is 0 Å². The van der Waals surface area contributed by atoms with Crippen LogP contribution < -0.4 is 4.90 Å². The Bertz CT molecular complexity index is 622. The molecule has 1 heterocycles. The molecule has 0 radical (unpaired) electrons. The van der Waals surface area contributed by atoms with Crippen molar-refractivity contribution in [1.29, 1.82) is 0 Å². The summed E-state index contributed by atoms with van der Waals surface area (Å²) in [6.07, 6.45) is 0. The van der Waals surface area contributed by atoms with E-state index in [4.69, 9.17) is 5.11 Å². The Hall–Kier alpha value is -1.89. The van der Waals surface area contributed by atoms with Crippen LogP contribution in [0.3, 0.4) is 0 Å². The fourth-order valence-electron chi connectivity index (χ4n) is 2.05. The number of hydrogen-bond acceptors (Lipinski definition) is 4. The number of carboxylic acids is 1. The van der Waals surface area contributed by atoms with Crippen molar-refractivity contribution in [2.45, 2.75) is 17.9 Å². The van der Waals surface area contributed by atoms with Gasteiger partial charge in [-0.3, -0.25) is 9.69 Å². The van der Waals surface area contributed by atoms with Crippen LogP contribution in [0.2, 0.25) is 0 Å². The molecule has 1 aliphatic heterocycles. The largest absolute Gasteiger partial charge is 0.474 e. The van der Waals surface area contributed by atoms with Gasteiger partial charge in [-0.05, 0) is 19.1 Å². The first-order chi connectivity index (χ1) is 8.34. The Balaban J connectivity index is 2.64. The molecule has 0 aliphatic carbocycles. The van der Waals surface area contributed by atoms with E-state index in [2.05, 4.69) is 0 Å². The Morgan fingerprint density at radius 3 is 2.56 bits per heavy atom. The maximum Gasteiger partial charge on any atom is 0.394 e. The summed E-state index contributed by atoms with van der Waals surface area (Å²) in [5.41, 5.74) is 0.128. The lowest BCUT2D eigenvalue weighted by molar-refractivity contribution is -0.149. The monoisotopic (exact) mass is 269 g/mol. The van der Waals surface area contributed by atoms with Crippen LogP contribution in [0, 0.1) is 0 Å². The van der Waals surface area contributed by atoms with Crippen molar-refractivity contribution in [3.05, 3.63) is 24.3 Å². The second-order valence-electron chi connectivity index (χ2n) is 4.08. The summed E-state index contributed by atoms with van der Waals surface area (Å²) in [7, 11) is -3.47. The van der Waals surface area contributed by atoms with E-state index < -0.39 is 27.8 Å². The molecule has 1 aromatic rings. The van der Waals surface area contributed by atoms with Crippen molar-refractivity contribution < 1.29 is 23.1 Å². The predicted octanol–water partition coefficient (Wildman–Crippen LogP) is 0.280. The van der Waals surface area contributed by atoms with Gasteiger partial charge in [-0.15, -0.1) is 0 Å². The molecule has 18 heavy (non-hydrogen) atoms. The van der Waals surface area contributed by atoms with E-state index in [-0.39, 0.29) is 16.3 Å². The van der Waals surface area contributed by atoms with Crippen molar-refractivity contribution in [3.8, 4) is 0 Å². The quantitative estimate of drug-likeness (QED) is 0.683. The van der Waals surface area contributed by atoms with Crippen molar-refractivity contribution in [3.63, 3.8) is 0 Å². The van der Waals surface area contributed by atoms with Gasteiger partial charge in [0.25, 0.3) is 0 Å². The zero-order valence-electron chi connectivity index (χ0n) is 9.53. The Morgan fingerprint density at radius 2 is 1.94 bits per heavy atom. The van der Waals surface area contributed by atoms with Crippen LogP contribution in [-0.2, 0) is 19.4 Å². The van der Waals surface area contributed by atoms with E-state index >= 15 is 0 Å². The van der Waals surface area contributed by atoms with Crippen molar-refractivity contribution >= 4 is 27.4 Å². The van der Waals surface area contributed by atoms with Gasteiger partial charge in [0, 0.05) is 6.04 Å². The van der Waals surface area contributed by atoms with Gasteiger partial charge in [-0.2, -0.15) is 0 Å². The Kier molecular flexibility index (Phi) is 2.86. The predicted molar refractivity (Wildman–Crippen MR) is 63.1 cm³/mol. The third-order valence-corrected chi connectivity index (χ3v) is 4.70. The molecule has 1 aromatic carbocycles. The highest BCUT2D eigenvalue weighted by Crippen LogP contribution is 2.33. The number of rotatable bonds is 0. The summed E-state index contributed by atoms with van der Waals surface area (Å²) < 4.78 is 23.9. The number of amides is 1. The molecule has 1 N–H and O–H groups in total. The molecule has 0 spiro atoms. The topological polar surface area (TPSA) is 91.8 Å². The summed E-state index contributed by atoms with van der Waals surface area (Å²) in [5.74, 6) is -3.00. The molecule has 1 amide bonds. The molecular weight excluding hydrogens is 258 g/mol. The molecule has 1 aliphatic rings. The van der Waals surface area contributed by atoms with Gasteiger partial charge in [-0.1, -0.05) is 12.1 Å². The van der Waals surface area contributed by atoms with Gasteiger partial charge in [0.15, 0.2) is 9.84 Å². The summed E-state index contributed by atoms with van der Waals surface area (Å²) >= 11 is 0. The zero-order chi connectivity index (χ0) is 13.5. The summed E-state index contributed by atoms with van der Waals surface area (Å²) in [6.45, 7) is 1.51. The number of hydrogen-bond donors (Lipinski definition) is 1. The fraction of sp³-hybridized carbons (Fsp3) is 0.273. The molecule has 0 saturated carbocycles. The number of benzene rings is 1. The number of nitrogens with zero attached hydrogens (tertiary/aromatic N) is 1. The molecule has 6 nitrogen and oxygen atoms in total. The number of carbonyl (C=O) groups is 2. The highest BCUT2D eigenvalue weighted by Gasteiger charge is 2.38. The lowest BCUT2D eigenvalue weighted by Crippen LogP contribution is -2.49. The number of carbonyl (C=O) groups excluding carboxylic acids is 1. The third-order valence-electron chi connectivity index (χ3n) is 2.76. The lowest BCUT2D eigenvalue weighted by Gasteiger charge is -2.33. The SMILES string of the molecule is CC1CS(=O)(=O)c2ccccc2N1C(=O)C(=O)O. The number of carboxylic acid groups (broad SMARTS) is 1. The lowest BCUT2D eigenvalue weighted by atomic mass is 10.2. The second kappa shape index (κ2) is 4.09. The van der Waals surface area contributed by atoms with Crippen molar-refractivity contribution in [2.24, 2.45) is 0 Å². The number of aliphatic carboxylic acids is 1. The maximum atomic E-state index is 11.9. The van der Waals surface area contributed by atoms with Gasteiger partial charge in [0.05, 0.1) is 16.3 Å². The molecule has 96 valence electrons. The number of para-hydroxylation sites is 1. The second-order valence-corrected chi connectivity index (χ2v) is 6.08. The Labute approximate surface area is 104 Å². The molecular formula is C11H11NO5S. The smallest absolute Gasteiger partial charge is 0.394 e. The first-order valence-electron chi connectivity index (χ1n) is 5.23. The van der Waals surface area contributed by atoms with Crippen LogP contribution in [0.15, 0.2) is 29.2 Å². The molecule has 0 saturated heterocycles. The fourth-order valence-corrected chi connectivity index (χ4v) is 3.79. The highest BCUT2D eigenvalue weighted by molar-refractivity contribution is 7.91. The van der Waals surface area contributed by atoms with Gasteiger partial charge in [-0.25, -0.2) is 13.2 Å². The Morgan fingerprint density at radius 1 is 1.33 bits per heavy atom. The third kappa shape index (κ3) is 1.86. The normalized spacial score (nSPS) is 21.2. The van der Waals surface area contributed by atoms with Crippen LogP contribution in [-0.4, -0.2) is 37.2 Å². The summed E-state index contributed by atoms with van der Waals surface area (Å²) in [5, 5.41) is 8.77. The minimum Gasteiger partial charge on any atom is -0.474 e. The van der Waals surface area contributed by atoms with E-state index in [0.717, 1.165) is 4.90 Å². The molecule has 0 fully saturated rings. The van der Waals surface area contributed by atoms with E-state index in [1.54, 1.807) is 6.07 Å². The van der Waals surface area contributed by atoms with Gasteiger partial charge < -0.3 is 5.11 Å². The standard InChI is InChI=1S/C11H11NO5S/c1-7-6-18(16,17)9-5-3-2-4-8(9)12(7)10(13)11(14)15/h2-5,7H,6H2,1H3,(H,14,15). The molecule has 2 rings (SSSR count). The van der Waals surface area contributed by atoms with Crippen LogP contribution in [0.5, 0.6) is 0 Å². The van der Waals surface area contributed by atoms with Gasteiger partial charge in [0.2, 0.25) is 0 Å². The minimum absolute atomic E-state index is 0.00213. The highest BCUT2D eigenvalue weighted by atomic mass is 32.2. The minimum atomic E-state index is -3.47. The van der Waals surface area contributed by atoms with Crippen LogP contribution >= 0.6 is 0 Å². The molecule has 1 atom stereocenters.